The fourth-order valence-corrected chi connectivity index (χ4v) is 3.13. The fourth-order valence-electron chi connectivity index (χ4n) is 2.54. The van der Waals surface area contributed by atoms with Gasteiger partial charge in [0.1, 0.15) is 0 Å². The molecule has 104 valence electrons. The number of nitrogens with one attached hydrogen (secondary N) is 2. The Bertz CT molecular complexity index is 583. The Kier molecular flexibility index (Phi) is 4.08. The van der Waals surface area contributed by atoms with Crippen molar-refractivity contribution in [3.05, 3.63) is 52.0 Å². The van der Waals surface area contributed by atoms with Gasteiger partial charge in [-0.05, 0) is 24.1 Å². The average molecular weight is 287 g/mol. The number of fused-ring (bicyclic) bond motifs is 1. The van der Waals surface area contributed by atoms with Crippen LogP contribution < -0.4 is 10.6 Å². The minimum Gasteiger partial charge on any atom is -0.354 e. The minimum absolute atomic E-state index is 0.0547. The van der Waals surface area contributed by atoms with Crippen molar-refractivity contribution in [3.8, 4) is 0 Å². The highest BCUT2D eigenvalue weighted by molar-refractivity contribution is 7.09. The molecule has 3 rings (SSSR count). The Balaban J connectivity index is 1.58. The molecule has 1 atom stereocenters. The van der Waals surface area contributed by atoms with E-state index in [0.29, 0.717) is 13.0 Å². The molecule has 1 aliphatic rings. The Labute approximate surface area is 122 Å². The zero-order valence-corrected chi connectivity index (χ0v) is 12.0. The molecule has 0 saturated carbocycles. The van der Waals surface area contributed by atoms with E-state index in [9.17, 15) is 4.79 Å². The second-order valence-corrected chi connectivity index (χ2v) is 5.88. The van der Waals surface area contributed by atoms with E-state index < -0.39 is 0 Å². The van der Waals surface area contributed by atoms with Crippen molar-refractivity contribution in [1.82, 2.24) is 15.6 Å². The molecule has 0 saturated heterocycles. The zero-order valence-electron chi connectivity index (χ0n) is 11.1. The monoisotopic (exact) mass is 287 g/mol. The number of amides is 1. The van der Waals surface area contributed by atoms with Crippen LogP contribution in [0.5, 0.6) is 0 Å². The third-order valence-electron chi connectivity index (χ3n) is 3.54. The molecule has 4 nitrogen and oxygen atoms in total. The molecule has 2 aromatic rings. The standard InChI is InChI=1S/C15H17N3OS/c19-15(7-12-8-16-10-20-12)18-9-14-13-4-2-1-3-11(13)5-6-17-14/h1-4,8,10,14,17H,5-7,9H2,(H,18,19). The van der Waals surface area contributed by atoms with Crippen LogP contribution in [0.2, 0.25) is 0 Å². The van der Waals surface area contributed by atoms with Gasteiger partial charge in [-0.2, -0.15) is 0 Å². The molecule has 0 spiro atoms. The summed E-state index contributed by atoms with van der Waals surface area (Å²) in [6.07, 6.45) is 3.22. The lowest BCUT2D eigenvalue weighted by Crippen LogP contribution is -2.39. The van der Waals surface area contributed by atoms with Crippen LogP contribution in [-0.4, -0.2) is 24.0 Å². The number of rotatable bonds is 4. The van der Waals surface area contributed by atoms with Crippen LogP contribution in [-0.2, 0) is 17.6 Å². The normalized spacial score (nSPS) is 17.5. The van der Waals surface area contributed by atoms with Gasteiger partial charge >= 0.3 is 0 Å². The van der Waals surface area contributed by atoms with Crippen molar-refractivity contribution in [1.29, 1.82) is 0 Å². The highest BCUT2D eigenvalue weighted by Crippen LogP contribution is 2.21. The molecular formula is C15H17N3OS. The van der Waals surface area contributed by atoms with E-state index in [4.69, 9.17) is 0 Å². The molecule has 0 bridgehead atoms. The van der Waals surface area contributed by atoms with Gasteiger partial charge in [-0.3, -0.25) is 9.78 Å². The van der Waals surface area contributed by atoms with Gasteiger partial charge < -0.3 is 10.6 Å². The van der Waals surface area contributed by atoms with E-state index >= 15 is 0 Å². The first-order chi connectivity index (χ1) is 9.83. The number of nitrogens with zero attached hydrogens (tertiary/aromatic N) is 1. The molecule has 5 heteroatoms. The van der Waals surface area contributed by atoms with Gasteiger partial charge in [0.15, 0.2) is 0 Å². The van der Waals surface area contributed by atoms with Crippen LogP contribution in [0.3, 0.4) is 0 Å². The Hall–Kier alpha value is -1.72. The predicted octanol–water partition coefficient (Wildman–Crippen LogP) is 1.69. The highest BCUT2D eigenvalue weighted by Gasteiger charge is 2.19. The van der Waals surface area contributed by atoms with Crippen molar-refractivity contribution < 1.29 is 4.79 Å². The van der Waals surface area contributed by atoms with Gasteiger partial charge in [-0.1, -0.05) is 24.3 Å². The maximum atomic E-state index is 11.9. The van der Waals surface area contributed by atoms with Crippen molar-refractivity contribution in [2.45, 2.75) is 18.9 Å². The molecule has 0 aliphatic carbocycles. The molecule has 1 aromatic carbocycles. The quantitative estimate of drug-likeness (QED) is 0.900. The van der Waals surface area contributed by atoms with Crippen LogP contribution in [0.4, 0.5) is 0 Å². The van der Waals surface area contributed by atoms with Gasteiger partial charge in [-0.15, -0.1) is 11.3 Å². The van der Waals surface area contributed by atoms with Crippen LogP contribution in [0.25, 0.3) is 0 Å². The van der Waals surface area contributed by atoms with Crippen LogP contribution in [0.1, 0.15) is 22.0 Å². The third kappa shape index (κ3) is 3.05. The Morgan fingerprint density at radius 1 is 1.45 bits per heavy atom. The fraction of sp³-hybridized carbons (Fsp3) is 0.333. The number of carbonyl (C=O) groups is 1. The lowest BCUT2D eigenvalue weighted by molar-refractivity contribution is -0.120. The summed E-state index contributed by atoms with van der Waals surface area (Å²) in [7, 11) is 0. The van der Waals surface area contributed by atoms with Crippen LogP contribution >= 0.6 is 11.3 Å². The molecule has 0 radical (unpaired) electrons. The number of benzene rings is 1. The largest absolute Gasteiger partial charge is 0.354 e. The van der Waals surface area contributed by atoms with Crippen molar-refractivity contribution in [2.75, 3.05) is 13.1 Å². The van der Waals surface area contributed by atoms with E-state index in [1.165, 1.54) is 22.5 Å². The second kappa shape index (κ2) is 6.15. The first-order valence-electron chi connectivity index (χ1n) is 6.78. The molecule has 1 unspecified atom stereocenters. The summed E-state index contributed by atoms with van der Waals surface area (Å²) < 4.78 is 0. The topological polar surface area (TPSA) is 54.0 Å². The number of thiazole rings is 1. The predicted molar refractivity (Wildman–Crippen MR) is 79.7 cm³/mol. The average Bonchev–Trinajstić information content (AvgIpc) is 2.98. The number of carbonyl (C=O) groups excluding carboxylic acids is 1. The molecule has 2 N–H and O–H groups in total. The number of hydrogen-bond donors (Lipinski definition) is 2. The molecule has 20 heavy (non-hydrogen) atoms. The first-order valence-corrected chi connectivity index (χ1v) is 7.66. The summed E-state index contributed by atoms with van der Waals surface area (Å²) in [5.74, 6) is 0.0547. The molecule has 1 aromatic heterocycles. The van der Waals surface area contributed by atoms with Crippen LogP contribution in [0, 0.1) is 0 Å². The molecule has 0 fully saturated rings. The molecular weight excluding hydrogens is 270 g/mol. The van der Waals surface area contributed by atoms with E-state index in [-0.39, 0.29) is 11.9 Å². The minimum atomic E-state index is 0.0547. The van der Waals surface area contributed by atoms with E-state index in [1.54, 1.807) is 11.7 Å². The van der Waals surface area contributed by atoms with E-state index in [0.717, 1.165) is 17.8 Å². The maximum Gasteiger partial charge on any atom is 0.225 e. The van der Waals surface area contributed by atoms with Gasteiger partial charge in [0, 0.05) is 23.7 Å². The Morgan fingerprint density at radius 2 is 2.35 bits per heavy atom. The van der Waals surface area contributed by atoms with E-state index in [1.807, 2.05) is 0 Å². The third-order valence-corrected chi connectivity index (χ3v) is 4.32. The maximum absolute atomic E-state index is 11.9. The summed E-state index contributed by atoms with van der Waals surface area (Å²) in [5.41, 5.74) is 4.44. The van der Waals surface area contributed by atoms with Crippen molar-refractivity contribution in [2.24, 2.45) is 0 Å². The van der Waals surface area contributed by atoms with Crippen LogP contribution in [0.15, 0.2) is 36.0 Å². The summed E-state index contributed by atoms with van der Waals surface area (Å²) in [6, 6.07) is 8.65. The lowest BCUT2D eigenvalue weighted by atomic mass is 9.94. The highest BCUT2D eigenvalue weighted by atomic mass is 32.1. The zero-order chi connectivity index (χ0) is 13.8. The summed E-state index contributed by atoms with van der Waals surface area (Å²) in [5, 5.41) is 6.47. The Morgan fingerprint density at radius 3 is 3.20 bits per heavy atom. The number of aromatic nitrogens is 1. The summed E-state index contributed by atoms with van der Waals surface area (Å²) in [4.78, 5) is 16.9. The molecule has 1 aliphatic heterocycles. The second-order valence-electron chi connectivity index (χ2n) is 4.90. The van der Waals surface area contributed by atoms with Gasteiger partial charge in [0.05, 0.1) is 11.9 Å². The number of hydrogen-bond acceptors (Lipinski definition) is 4. The first kappa shape index (κ1) is 13.3. The van der Waals surface area contributed by atoms with Gasteiger partial charge in [-0.25, -0.2) is 0 Å². The van der Waals surface area contributed by atoms with Crippen molar-refractivity contribution >= 4 is 17.2 Å². The SMILES string of the molecule is O=C(Cc1cncs1)NCC1NCCc2ccccc21. The van der Waals surface area contributed by atoms with E-state index in [2.05, 4.69) is 39.9 Å². The molecule has 2 heterocycles. The smallest absolute Gasteiger partial charge is 0.225 e. The van der Waals surface area contributed by atoms with Gasteiger partial charge in [0.25, 0.3) is 0 Å². The van der Waals surface area contributed by atoms with Gasteiger partial charge in [0.2, 0.25) is 5.91 Å². The lowest BCUT2D eigenvalue weighted by Gasteiger charge is -2.27. The molecule has 1 amide bonds. The summed E-state index contributed by atoms with van der Waals surface area (Å²) >= 11 is 1.51. The van der Waals surface area contributed by atoms with Crippen molar-refractivity contribution in [3.63, 3.8) is 0 Å². The summed E-state index contributed by atoms with van der Waals surface area (Å²) in [6.45, 7) is 1.60.